The topological polar surface area (TPSA) is 0 Å². The van der Waals surface area contributed by atoms with Crippen molar-refractivity contribution >= 4 is 25.0 Å². The van der Waals surface area contributed by atoms with Crippen LogP contribution in [0.5, 0.6) is 0 Å². The van der Waals surface area contributed by atoms with Crippen molar-refractivity contribution in [1.29, 1.82) is 0 Å². The molecule has 2 aromatic carbocycles. The van der Waals surface area contributed by atoms with E-state index in [0.29, 0.717) is 10.6 Å². The van der Waals surface area contributed by atoms with Crippen LogP contribution in [0.25, 0.3) is 0 Å². The Kier molecular flexibility index (Phi) is 4.65. The number of halogens is 2. The van der Waals surface area contributed by atoms with Crippen molar-refractivity contribution in [3.8, 4) is 0 Å². The van der Waals surface area contributed by atoms with Gasteiger partial charge in [0.2, 0.25) is 0 Å². The lowest BCUT2D eigenvalue weighted by Gasteiger charge is -2.16. The zero-order chi connectivity index (χ0) is 14.8. The molecule has 4 heteroatoms. The molecule has 0 saturated heterocycles. The Balaban J connectivity index is 2.06. The molecule has 0 atom stereocenters. The van der Waals surface area contributed by atoms with E-state index < -0.39 is 13.9 Å². The highest BCUT2D eigenvalue weighted by Gasteiger charge is 2.15. The highest BCUT2D eigenvalue weighted by atomic mass is 32.2. The van der Waals surface area contributed by atoms with Crippen LogP contribution in [0.2, 0.25) is 19.6 Å². The van der Waals surface area contributed by atoms with Gasteiger partial charge in [-0.3, -0.25) is 0 Å². The second-order valence-corrected chi connectivity index (χ2v) is 11.9. The van der Waals surface area contributed by atoms with Crippen molar-refractivity contribution in [2.75, 3.05) is 0 Å². The first kappa shape index (κ1) is 15.3. The van der Waals surface area contributed by atoms with E-state index in [4.69, 9.17) is 0 Å². The second-order valence-electron chi connectivity index (χ2n) is 5.81. The molecule has 20 heavy (non-hydrogen) atoms. The van der Waals surface area contributed by atoms with Gasteiger partial charge in [-0.05, 0) is 23.8 Å². The van der Waals surface area contributed by atoms with Gasteiger partial charge in [0.25, 0.3) is 0 Å². The van der Waals surface area contributed by atoms with Crippen LogP contribution < -0.4 is 5.19 Å². The van der Waals surface area contributed by atoms with E-state index in [1.165, 1.54) is 29.1 Å². The van der Waals surface area contributed by atoms with Gasteiger partial charge >= 0.3 is 0 Å². The zero-order valence-corrected chi connectivity index (χ0v) is 13.7. The molecular formula is C16H18F2SSi. The lowest BCUT2D eigenvalue weighted by atomic mass is 10.2. The van der Waals surface area contributed by atoms with Gasteiger partial charge in [-0.2, -0.15) is 0 Å². The SMILES string of the molecule is C[Si](C)(C)c1ccc(CSc2cc(F)ccc2F)cc1. The summed E-state index contributed by atoms with van der Waals surface area (Å²) in [6.45, 7) is 6.91. The largest absolute Gasteiger partial charge is 0.207 e. The Morgan fingerprint density at radius 1 is 0.950 bits per heavy atom. The van der Waals surface area contributed by atoms with Crippen LogP contribution in [0, 0.1) is 11.6 Å². The van der Waals surface area contributed by atoms with Crippen LogP contribution in [-0.2, 0) is 5.75 Å². The van der Waals surface area contributed by atoms with Crippen LogP contribution in [-0.4, -0.2) is 8.07 Å². The Morgan fingerprint density at radius 2 is 1.60 bits per heavy atom. The summed E-state index contributed by atoms with van der Waals surface area (Å²) in [6.07, 6.45) is 0. The molecule has 0 radical (unpaired) electrons. The predicted molar refractivity (Wildman–Crippen MR) is 85.3 cm³/mol. The van der Waals surface area contributed by atoms with Crippen LogP contribution in [0.15, 0.2) is 47.4 Å². The van der Waals surface area contributed by atoms with Crippen molar-refractivity contribution in [3.63, 3.8) is 0 Å². The molecule has 106 valence electrons. The van der Waals surface area contributed by atoms with E-state index in [1.54, 1.807) is 0 Å². The summed E-state index contributed by atoms with van der Waals surface area (Å²) in [5.41, 5.74) is 1.13. The summed E-state index contributed by atoms with van der Waals surface area (Å²) >= 11 is 1.32. The predicted octanol–water partition coefficient (Wildman–Crippen LogP) is 4.80. The van der Waals surface area contributed by atoms with Gasteiger partial charge in [0.05, 0.1) is 8.07 Å². The normalized spacial score (nSPS) is 11.7. The number of thioether (sulfide) groups is 1. The Hall–Kier alpha value is -1.13. The molecule has 0 saturated carbocycles. The number of hydrogen-bond acceptors (Lipinski definition) is 1. The fraction of sp³-hybridized carbons (Fsp3) is 0.250. The van der Waals surface area contributed by atoms with Crippen molar-refractivity contribution in [1.82, 2.24) is 0 Å². The molecule has 0 spiro atoms. The maximum atomic E-state index is 13.5. The van der Waals surface area contributed by atoms with Crippen molar-refractivity contribution in [2.45, 2.75) is 30.3 Å². The Labute approximate surface area is 124 Å². The molecule has 0 aliphatic carbocycles. The standard InChI is InChI=1S/C16H18F2SSi/c1-20(2,3)14-7-4-12(5-8-14)11-19-16-10-13(17)6-9-15(16)18/h4-10H,11H2,1-3H3. The third-order valence-electron chi connectivity index (χ3n) is 3.11. The summed E-state index contributed by atoms with van der Waals surface area (Å²) in [4.78, 5) is 0.360. The Morgan fingerprint density at radius 3 is 2.20 bits per heavy atom. The minimum Gasteiger partial charge on any atom is -0.207 e. The fourth-order valence-corrected chi connectivity index (χ4v) is 3.93. The van der Waals surface area contributed by atoms with Gasteiger partial charge < -0.3 is 0 Å². The van der Waals surface area contributed by atoms with Crippen molar-refractivity contribution < 1.29 is 8.78 Å². The summed E-state index contributed by atoms with van der Waals surface area (Å²) in [7, 11) is -1.28. The summed E-state index contributed by atoms with van der Waals surface area (Å²) < 4.78 is 26.6. The molecule has 2 aromatic rings. The van der Waals surface area contributed by atoms with E-state index in [0.717, 1.165) is 11.6 Å². The van der Waals surface area contributed by atoms with Crippen LogP contribution in [0.1, 0.15) is 5.56 Å². The zero-order valence-electron chi connectivity index (χ0n) is 11.9. The maximum Gasteiger partial charge on any atom is 0.136 e. The van der Waals surface area contributed by atoms with E-state index in [-0.39, 0.29) is 5.82 Å². The minimum absolute atomic E-state index is 0.360. The summed E-state index contributed by atoms with van der Waals surface area (Å²) in [5, 5.41) is 1.41. The van der Waals surface area contributed by atoms with Gasteiger partial charge in [-0.15, -0.1) is 11.8 Å². The van der Waals surface area contributed by atoms with Crippen LogP contribution >= 0.6 is 11.8 Å². The quantitative estimate of drug-likeness (QED) is 0.577. The van der Waals surface area contributed by atoms with Gasteiger partial charge in [0.15, 0.2) is 0 Å². The van der Waals surface area contributed by atoms with E-state index in [2.05, 4.69) is 43.9 Å². The molecule has 0 aliphatic rings. The van der Waals surface area contributed by atoms with Gasteiger partial charge in [-0.25, -0.2) is 8.78 Å². The molecule has 0 amide bonds. The smallest absolute Gasteiger partial charge is 0.136 e. The van der Waals surface area contributed by atoms with E-state index >= 15 is 0 Å². The molecule has 0 unspecified atom stereocenters. The third-order valence-corrected chi connectivity index (χ3v) is 6.27. The van der Waals surface area contributed by atoms with E-state index in [9.17, 15) is 8.78 Å². The minimum atomic E-state index is -1.28. The lowest BCUT2D eigenvalue weighted by molar-refractivity contribution is 0.577. The molecule has 0 heterocycles. The molecule has 2 rings (SSSR count). The monoisotopic (exact) mass is 308 g/mol. The lowest BCUT2D eigenvalue weighted by Crippen LogP contribution is -2.37. The van der Waals surface area contributed by atoms with Crippen molar-refractivity contribution in [3.05, 3.63) is 59.7 Å². The van der Waals surface area contributed by atoms with Gasteiger partial charge in [-0.1, -0.05) is 49.1 Å². The van der Waals surface area contributed by atoms with Gasteiger partial charge in [0, 0.05) is 10.6 Å². The fourth-order valence-electron chi connectivity index (χ4n) is 1.85. The third kappa shape index (κ3) is 3.93. The number of benzene rings is 2. The summed E-state index contributed by atoms with van der Waals surface area (Å²) in [6, 6.07) is 12.0. The Bertz CT molecular complexity index is 588. The highest BCUT2D eigenvalue weighted by Crippen LogP contribution is 2.26. The average molecular weight is 308 g/mol. The van der Waals surface area contributed by atoms with Gasteiger partial charge in [0.1, 0.15) is 11.6 Å². The molecule has 0 N–H and O–H groups in total. The van der Waals surface area contributed by atoms with E-state index in [1.807, 2.05) is 0 Å². The average Bonchev–Trinajstić information content (AvgIpc) is 2.39. The van der Waals surface area contributed by atoms with Crippen LogP contribution in [0.3, 0.4) is 0 Å². The molecule has 0 aliphatic heterocycles. The first-order valence-electron chi connectivity index (χ1n) is 6.53. The van der Waals surface area contributed by atoms with Crippen molar-refractivity contribution in [2.24, 2.45) is 0 Å². The molecule has 0 bridgehead atoms. The highest BCUT2D eigenvalue weighted by molar-refractivity contribution is 7.98. The number of hydrogen-bond donors (Lipinski definition) is 0. The molecule has 0 aromatic heterocycles. The summed E-state index contributed by atoms with van der Waals surface area (Å²) in [5.74, 6) is -0.120. The number of rotatable bonds is 4. The molecule has 0 nitrogen and oxygen atoms in total. The molecular weight excluding hydrogens is 290 g/mol. The molecule has 0 fully saturated rings. The second kappa shape index (κ2) is 6.10. The maximum absolute atomic E-state index is 13.5. The van der Waals surface area contributed by atoms with Crippen LogP contribution in [0.4, 0.5) is 8.78 Å². The first-order chi connectivity index (χ1) is 9.36. The first-order valence-corrected chi connectivity index (χ1v) is 11.0.